The van der Waals surface area contributed by atoms with Crippen molar-refractivity contribution in [3.63, 3.8) is 0 Å². The number of benzene rings is 1. The van der Waals surface area contributed by atoms with Crippen LogP contribution in [0.15, 0.2) is 30.6 Å². The smallest absolute Gasteiger partial charge is 0.246 e. The van der Waals surface area contributed by atoms with Gasteiger partial charge in [-0.05, 0) is 31.5 Å². The van der Waals surface area contributed by atoms with Gasteiger partial charge in [-0.3, -0.25) is 9.48 Å². The van der Waals surface area contributed by atoms with E-state index in [0.717, 1.165) is 5.56 Å². The maximum atomic E-state index is 13.3. The Balaban J connectivity index is 1.47. The third kappa shape index (κ3) is 4.02. The first-order chi connectivity index (χ1) is 14.9. The highest BCUT2D eigenvalue weighted by molar-refractivity contribution is 6.03. The van der Waals surface area contributed by atoms with Crippen LogP contribution in [0.3, 0.4) is 0 Å². The second kappa shape index (κ2) is 8.02. The number of hydrogen-bond donors (Lipinski definition) is 2. The summed E-state index contributed by atoms with van der Waals surface area (Å²) in [7, 11) is 1.83. The molecule has 0 fully saturated rings. The normalized spacial score (nSPS) is 15.3. The number of hydrogen-bond acceptors (Lipinski definition) is 7. The van der Waals surface area contributed by atoms with Crippen molar-refractivity contribution < 1.29 is 9.18 Å². The van der Waals surface area contributed by atoms with Crippen molar-refractivity contribution >= 4 is 23.4 Å². The number of rotatable bonds is 5. The third-order valence-electron chi connectivity index (χ3n) is 5.28. The van der Waals surface area contributed by atoms with Crippen LogP contribution in [0.4, 0.5) is 21.8 Å². The van der Waals surface area contributed by atoms with Gasteiger partial charge >= 0.3 is 0 Å². The van der Waals surface area contributed by atoms with Crippen molar-refractivity contribution in [3.8, 4) is 6.07 Å². The number of carbonyl (C=O) groups is 1. The zero-order valence-corrected chi connectivity index (χ0v) is 17.3. The van der Waals surface area contributed by atoms with Crippen LogP contribution < -0.4 is 15.5 Å². The predicted octanol–water partition coefficient (Wildman–Crippen LogP) is 2.43. The molecule has 0 bridgehead atoms. The fourth-order valence-corrected chi connectivity index (χ4v) is 3.36. The second-order valence-electron chi connectivity index (χ2n) is 7.42. The molecule has 0 spiro atoms. The van der Waals surface area contributed by atoms with E-state index in [1.165, 1.54) is 12.1 Å². The number of amides is 1. The number of fused-ring (bicyclic) bond motifs is 1. The highest BCUT2D eigenvalue weighted by atomic mass is 19.1. The zero-order valence-electron chi connectivity index (χ0n) is 17.3. The van der Waals surface area contributed by atoms with Crippen molar-refractivity contribution in [2.24, 2.45) is 0 Å². The molecule has 1 amide bonds. The van der Waals surface area contributed by atoms with Crippen molar-refractivity contribution in [1.82, 2.24) is 19.7 Å². The van der Waals surface area contributed by atoms with Crippen molar-refractivity contribution in [1.29, 1.82) is 5.26 Å². The molecular formula is C21H21FN8O. The van der Waals surface area contributed by atoms with Gasteiger partial charge in [0.1, 0.15) is 17.5 Å². The Labute approximate surface area is 178 Å². The number of nitrogens with zero attached hydrogens (tertiary/aromatic N) is 6. The molecule has 2 aromatic heterocycles. The zero-order chi connectivity index (χ0) is 22.1. The molecule has 0 aliphatic carbocycles. The highest BCUT2D eigenvalue weighted by Crippen LogP contribution is 2.32. The highest BCUT2D eigenvalue weighted by Gasteiger charge is 2.30. The monoisotopic (exact) mass is 420 g/mol. The first-order valence-electron chi connectivity index (χ1n) is 9.71. The SMILES string of the molecule is Cc1nc(NCc2cnn(Cc3ccc(F)cc3C#N)c2)nc2c1NC(=O)C(C)N2C. The minimum absolute atomic E-state index is 0.0875. The summed E-state index contributed by atoms with van der Waals surface area (Å²) >= 11 is 0. The molecule has 3 heterocycles. The molecular weight excluding hydrogens is 399 g/mol. The van der Waals surface area contributed by atoms with Gasteiger partial charge in [-0.1, -0.05) is 6.07 Å². The van der Waals surface area contributed by atoms with Crippen LogP contribution in [0.25, 0.3) is 0 Å². The van der Waals surface area contributed by atoms with E-state index in [-0.39, 0.29) is 11.9 Å². The van der Waals surface area contributed by atoms with Crippen LogP contribution in [0, 0.1) is 24.1 Å². The van der Waals surface area contributed by atoms with Crippen LogP contribution >= 0.6 is 0 Å². The molecule has 3 aromatic rings. The standard InChI is InChI=1S/C21H21FN8O/c1-12-18-19(29(3)13(2)20(31)27-18)28-21(26-12)24-8-14-9-25-30(10-14)11-15-4-5-17(22)6-16(15)7-23/h4-6,9-10,13H,8,11H2,1-3H3,(H,27,31)(H,24,26,28). The minimum Gasteiger partial charge on any atom is -0.350 e. The molecule has 9 nitrogen and oxygen atoms in total. The number of nitriles is 1. The number of aromatic nitrogens is 4. The van der Waals surface area contributed by atoms with E-state index < -0.39 is 5.82 Å². The Morgan fingerprint density at radius 1 is 1.35 bits per heavy atom. The van der Waals surface area contributed by atoms with E-state index in [1.807, 2.05) is 38.1 Å². The molecule has 1 aromatic carbocycles. The summed E-state index contributed by atoms with van der Waals surface area (Å²) in [5.41, 5.74) is 3.18. The van der Waals surface area contributed by atoms with Crippen LogP contribution in [0.2, 0.25) is 0 Å². The summed E-state index contributed by atoms with van der Waals surface area (Å²) in [6.45, 7) is 4.44. The number of halogens is 1. The predicted molar refractivity (Wildman–Crippen MR) is 113 cm³/mol. The van der Waals surface area contributed by atoms with Gasteiger partial charge in [0.2, 0.25) is 11.9 Å². The summed E-state index contributed by atoms with van der Waals surface area (Å²) in [4.78, 5) is 22.8. The number of carbonyl (C=O) groups excluding carboxylic acids is 1. The summed E-state index contributed by atoms with van der Waals surface area (Å²) in [6, 6.07) is 5.83. The van der Waals surface area contributed by atoms with Crippen LogP contribution in [0.5, 0.6) is 0 Å². The molecule has 1 atom stereocenters. The van der Waals surface area contributed by atoms with E-state index >= 15 is 0 Å². The molecule has 1 aliphatic rings. The van der Waals surface area contributed by atoms with Gasteiger partial charge in [0.15, 0.2) is 5.82 Å². The molecule has 4 rings (SSSR count). The maximum Gasteiger partial charge on any atom is 0.246 e. The van der Waals surface area contributed by atoms with Gasteiger partial charge in [0, 0.05) is 25.4 Å². The van der Waals surface area contributed by atoms with E-state index in [4.69, 9.17) is 0 Å². The van der Waals surface area contributed by atoms with Crippen LogP contribution in [-0.2, 0) is 17.9 Å². The minimum atomic E-state index is -0.439. The average molecular weight is 420 g/mol. The van der Waals surface area contributed by atoms with Crippen LogP contribution in [0.1, 0.15) is 29.3 Å². The summed E-state index contributed by atoms with van der Waals surface area (Å²) in [6.07, 6.45) is 3.56. The van der Waals surface area contributed by atoms with Crippen molar-refractivity contribution in [2.75, 3.05) is 22.6 Å². The lowest BCUT2D eigenvalue weighted by atomic mass is 10.1. The molecule has 0 saturated carbocycles. The largest absolute Gasteiger partial charge is 0.350 e. The molecule has 1 aliphatic heterocycles. The van der Waals surface area contributed by atoms with Gasteiger partial charge in [0.05, 0.1) is 30.1 Å². The van der Waals surface area contributed by atoms with E-state index in [0.29, 0.717) is 47.4 Å². The third-order valence-corrected chi connectivity index (χ3v) is 5.28. The molecule has 2 N–H and O–H groups in total. The number of anilines is 3. The van der Waals surface area contributed by atoms with Gasteiger partial charge in [-0.25, -0.2) is 9.37 Å². The fourth-order valence-electron chi connectivity index (χ4n) is 3.36. The lowest BCUT2D eigenvalue weighted by Gasteiger charge is -2.32. The average Bonchev–Trinajstić information content (AvgIpc) is 3.20. The maximum absolute atomic E-state index is 13.3. The summed E-state index contributed by atoms with van der Waals surface area (Å²) < 4.78 is 15.0. The van der Waals surface area contributed by atoms with Gasteiger partial charge < -0.3 is 15.5 Å². The van der Waals surface area contributed by atoms with Gasteiger partial charge in [-0.15, -0.1) is 0 Å². The first-order valence-corrected chi connectivity index (χ1v) is 9.71. The molecule has 0 radical (unpaired) electrons. The second-order valence-corrected chi connectivity index (χ2v) is 7.42. The number of nitrogens with one attached hydrogen (secondary N) is 2. The lowest BCUT2D eigenvalue weighted by Crippen LogP contribution is -2.44. The Kier molecular flexibility index (Phi) is 5.25. The number of likely N-dealkylation sites (N-methyl/N-ethyl adjacent to an activating group) is 1. The van der Waals surface area contributed by atoms with Crippen LogP contribution in [-0.4, -0.2) is 38.7 Å². The Morgan fingerprint density at radius 3 is 2.94 bits per heavy atom. The Morgan fingerprint density at radius 2 is 2.16 bits per heavy atom. The topological polar surface area (TPSA) is 112 Å². The molecule has 10 heteroatoms. The number of aryl methyl sites for hydroxylation is 1. The van der Waals surface area contributed by atoms with E-state index in [9.17, 15) is 14.4 Å². The van der Waals surface area contributed by atoms with Gasteiger partial charge in [0.25, 0.3) is 0 Å². The molecule has 31 heavy (non-hydrogen) atoms. The fraction of sp³-hybridized carbons (Fsp3) is 0.286. The first kappa shape index (κ1) is 20.3. The summed E-state index contributed by atoms with van der Waals surface area (Å²) in [5, 5.41) is 19.6. The van der Waals surface area contributed by atoms with E-state index in [1.54, 1.807) is 16.9 Å². The quantitative estimate of drug-likeness (QED) is 0.652. The Hall–Kier alpha value is -4.00. The Bertz CT molecular complexity index is 1200. The molecule has 158 valence electrons. The summed E-state index contributed by atoms with van der Waals surface area (Å²) in [5.74, 6) is 0.587. The molecule has 1 unspecified atom stereocenters. The molecule has 0 saturated heterocycles. The lowest BCUT2D eigenvalue weighted by molar-refractivity contribution is -0.117. The van der Waals surface area contributed by atoms with Crippen molar-refractivity contribution in [2.45, 2.75) is 33.0 Å². The van der Waals surface area contributed by atoms with E-state index in [2.05, 4.69) is 25.7 Å². The van der Waals surface area contributed by atoms with Gasteiger partial charge in [-0.2, -0.15) is 15.3 Å². The van der Waals surface area contributed by atoms with Crippen molar-refractivity contribution in [3.05, 3.63) is 58.8 Å².